The molecule has 0 heterocycles. The van der Waals surface area contributed by atoms with E-state index in [2.05, 4.69) is 37.2 Å². The van der Waals surface area contributed by atoms with Gasteiger partial charge in [-0.15, -0.1) is 0 Å². The lowest BCUT2D eigenvalue weighted by atomic mass is 9.92. The molecule has 0 radical (unpaired) electrons. The monoisotopic (exact) mass is 262 g/mol. The molecule has 0 aliphatic carbocycles. The summed E-state index contributed by atoms with van der Waals surface area (Å²) >= 11 is 0. The summed E-state index contributed by atoms with van der Waals surface area (Å²) in [5, 5.41) is 8.22. The number of rotatable bonds is 12. The van der Waals surface area contributed by atoms with Gasteiger partial charge in [0.05, 0.1) is 5.70 Å². The van der Waals surface area contributed by atoms with Gasteiger partial charge in [-0.05, 0) is 18.9 Å². The van der Waals surface area contributed by atoms with Crippen LogP contribution in [0.25, 0.3) is 0 Å². The second-order valence-corrected chi connectivity index (χ2v) is 4.91. The maximum absolute atomic E-state index is 4.28. The van der Waals surface area contributed by atoms with E-state index in [1.54, 1.807) is 0 Å². The van der Waals surface area contributed by atoms with Crippen LogP contribution in [0.5, 0.6) is 0 Å². The van der Waals surface area contributed by atoms with Gasteiger partial charge < -0.3 is 0 Å². The van der Waals surface area contributed by atoms with Gasteiger partial charge in [-0.25, -0.2) is 0 Å². The maximum atomic E-state index is 4.28. The molecule has 0 rings (SSSR count). The summed E-state index contributed by atoms with van der Waals surface area (Å²) in [6.45, 7) is 11.8. The fraction of sp³-hybridized carbons (Fsp3) is 0.647. The molecule has 2 nitrogen and oxygen atoms in total. The van der Waals surface area contributed by atoms with Crippen LogP contribution < -0.4 is 0 Å². The van der Waals surface area contributed by atoms with Gasteiger partial charge in [0.15, 0.2) is 0 Å². The molecular formula is C17H30N2. The zero-order valence-electron chi connectivity index (χ0n) is 12.8. The fourth-order valence-corrected chi connectivity index (χ4v) is 2.19. The molecule has 0 amide bonds. The van der Waals surface area contributed by atoms with E-state index in [9.17, 15) is 0 Å². The van der Waals surface area contributed by atoms with Crippen molar-refractivity contribution in [3.63, 3.8) is 0 Å². The minimum absolute atomic E-state index is 0.513. The van der Waals surface area contributed by atoms with Gasteiger partial charge >= 0.3 is 0 Å². The molecule has 1 unspecified atom stereocenters. The van der Waals surface area contributed by atoms with Crippen LogP contribution >= 0.6 is 0 Å². The Morgan fingerprint density at radius 1 is 1.00 bits per heavy atom. The first-order valence-corrected chi connectivity index (χ1v) is 7.64. The van der Waals surface area contributed by atoms with Crippen molar-refractivity contribution in [1.29, 1.82) is 0 Å². The molecule has 1 atom stereocenters. The van der Waals surface area contributed by atoms with E-state index in [1.807, 2.05) is 12.2 Å². The van der Waals surface area contributed by atoms with Crippen LogP contribution in [0.15, 0.2) is 47.4 Å². The van der Waals surface area contributed by atoms with Gasteiger partial charge in [0, 0.05) is 12.1 Å². The van der Waals surface area contributed by atoms with Crippen LogP contribution in [0.1, 0.15) is 65.2 Å². The highest BCUT2D eigenvalue weighted by molar-refractivity contribution is 5.12. The van der Waals surface area contributed by atoms with Gasteiger partial charge in [0.1, 0.15) is 0 Å². The normalized spacial score (nSPS) is 13.7. The summed E-state index contributed by atoms with van der Waals surface area (Å²) < 4.78 is 0. The summed E-state index contributed by atoms with van der Waals surface area (Å²) in [4.78, 5) is 0. The van der Waals surface area contributed by atoms with Crippen molar-refractivity contribution < 1.29 is 0 Å². The highest BCUT2D eigenvalue weighted by atomic mass is 15.1. The molecule has 0 aromatic heterocycles. The summed E-state index contributed by atoms with van der Waals surface area (Å²) in [5.74, 6) is 0.513. The molecular weight excluding hydrogens is 232 g/mol. The third-order valence-electron chi connectivity index (χ3n) is 3.27. The van der Waals surface area contributed by atoms with Crippen LogP contribution in [0.2, 0.25) is 0 Å². The van der Waals surface area contributed by atoms with E-state index in [0.717, 1.165) is 5.70 Å². The van der Waals surface area contributed by atoms with Crippen LogP contribution in [-0.4, -0.2) is 0 Å². The zero-order valence-corrected chi connectivity index (χ0v) is 12.8. The van der Waals surface area contributed by atoms with Crippen molar-refractivity contribution in [3.05, 3.63) is 37.2 Å². The Hall–Kier alpha value is -1.18. The van der Waals surface area contributed by atoms with Crippen LogP contribution in [0.4, 0.5) is 0 Å². The van der Waals surface area contributed by atoms with Crippen molar-refractivity contribution in [2.45, 2.75) is 65.2 Å². The Bertz CT molecular complexity index is 290. The maximum Gasteiger partial charge on any atom is 0.0661 e. The predicted molar refractivity (Wildman–Crippen MR) is 85.1 cm³/mol. The van der Waals surface area contributed by atoms with Crippen molar-refractivity contribution >= 4 is 0 Å². The Morgan fingerprint density at radius 3 is 2.26 bits per heavy atom. The predicted octanol–water partition coefficient (Wildman–Crippen LogP) is 6.43. The van der Waals surface area contributed by atoms with E-state index in [1.165, 1.54) is 57.6 Å². The largest absolute Gasteiger partial charge is 0.160 e. The lowest BCUT2D eigenvalue weighted by Crippen LogP contribution is -2.03. The number of allylic oxidation sites excluding steroid dienone is 3. The molecule has 0 aromatic rings. The van der Waals surface area contributed by atoms with Gasteiger partial charge in [0.25, 0.3) is 0 Å². The number of azo groups is 1. The van der Waals surface area contributed by atoms with Crippen molar-refractivity contribution in [3.8, 4) is 0 Å². The van der Waals surface area contributed by atoms with E-state index in [0.29, 0.717) is 5.92 Å². The van der Waals surface area contributed by atoms with Crippen molar-refractivity contribution in [2.24, 2.45) is 16.1 Å². The molecule has 0 fully saturated rings. The summed E-state index contributed by atoms with van der Waals surface area (Å²) in [7, 11) is 0. The van der Waals surface area contributed by atoms with Crippen molar-refractivity contribution in [2.75, 3.05) is 0 Å². The van der Waals surface area contributed by atoms with Crippen LogP contribution in [-0.2, 0) is 0 Å². The lowest BCUT2D eigenvalue weighted by Gasteiger charge is -2.16. The average molecular weight is 262 g/mol. The van der Waals surface area contributed by atoms with E-state index < -0.39 is 0 Å². The topological polar surface area (TPSA) is 24.7 Å². The van der Waals surface area contributed by atoms with E-state index in [4.69, 9.17) is 0 Å². The first kappa shape index (κ1) is 17.8. The molecule has 0 bridgehead atoms. The second kappa shape index (κ2) is 13.3. The fourth-order valence-electron chi connectivity index (χ4n) is 2.19. The quantitative estimate of drug-likeness (QED) is 0.220. The standard InChI is InChI=1S/C17H30N2/c1-5-9-11-12-15-16(14-10-6-2)17(13-7-3)19-18-8-4/h7-8,13,16H,3-6,9-12,14-15H2,1-2H3/b17-13-,19-18-. The molecule has 2 heteroatoms. The number of nitrogens with zero attached hydrogens (tertiary/aromatic N) is 2. The van der Waals surface area contributed by atoms with Crippen LogP contribution in [0.3, 0.4) is 0 Å². The van der Waals surface area contributed by atoms with E-state index in [-0.39, 0.29) is 0 Å². The van der Waals surface area contributed by atoms with Gasteiger partial charge in [-0.3, -0.25) is 0 Å². The van der Waals surface area contributed by atoms with Gasteiger partial charge in [-0.2, -0.15) is 10.2 Å². The molecule has 0 saturated carbocycles. The summed E-state index contributed by atoms with van der Waals surface area (Å²) in [6.07, 6.45) is 15.4. The molecule has 0 aliphatic heterocycles. The zero-order chi connectivity index (χ0) is 14.3. The van der Waals surface area contributed by atoms with Crippen LogP contribution in [0, 0.1) is 5.92 Å². The summed E-state index contributed by atoms with van der Waals surface area (Å²) in [5.41, 5.74) is 1.06. The Kier molecular flexibility index (Phi) is 12.4. The lowest BCUT2D eigenvalue weighted by molar-refractivity contribution is 0.458. The minimum Gasteiger partial charge on any atom is -0.160 e. The molecule has 0 aromatic carbocycles. The third-order valence-corrected chi connectivity index (χ3v) is 3.27. The Balaban J connectivity index is 4.56. The number of hydrogen-bond acceptors (Lipinski definition) is 2. The van der Waals surface area contributed by atoms with Crippen molar-refractivity contribution in [1.82, 2.24) is 0 Å². The average Bonchev–Trinajstić information content (AvgIpc) is 2.43. The SMILES string of the molecule is C=C/C=C(\N=N/C=C)C(CCCC)CCCCCC. The molecule has 0 spiro atoms. The molecule has 0 saturated heterocycles. The third kappa shape index (κ3) is 9.40. The Labute approximate surface area is 119 Å². The highest BCUT2D eigenvalue weighted by Crippen LogP contribution is 2.26. The first-order chi connectivity index (χ1) is 9.29. The minimum atomic E-state index is 0.513. The summed E-state index contributed by atoms with van der Waals surface area (Å²) in [6, 6.07) is 0. The van der Waals surface area contributed by atoms with Gasteiger partial charge in [-0.1, -0.05) is 71.6 Å². The number of unbranched alkanes of at least 4 members (excludes halogenated alkanes) is 4. The molecule has 0 aliphatic rings. The second-order valence-electron chi connectivity index (χ2n) is 4.91. The van der Waals surface area contributed by atoms with E-state index >= 15 is 0 Å². The van der Waals surface area contributed by atoms with Gasteiger partial charge in [0.2, 0.25) is 0 Å². The Morgan fingerprint density at radius 2 is 1.68 bits per heavy atom. The highest BCUT2D eigenvalue weighted by Gasteiger charge is 2.13. The molecule has 108 valence electrons. The molecule has 0 N–H and O–H groups in total. The number of hydrogen-bond donors (Lipinski definition) is 0. The molecule has 19 heavy (non-hydrogen) atoms. The first-order valence-electron chi connectivity index (χ1n) is 7.64. The smallest absolute Gasteiger partial charge is 0.0661 e.